The molecule has 0 radical (unpaired) electrons. The molecular weight excluding hydrogens is 206 g/mol. The molecule has 2 nitrogen and oxygen atoms in total. The number of thiazole rings is 1. The third kappa shape index (κ3) is 1.84. The van der Waals surface area contributed by atoms with Crippen molar-refractivity contribution in [3.63, 3.8) is 0 Å². The molecule has 0 aliphatic rings. The van der Waals surface area contributed by atoms with Crippen LogP contribution in [0.15, 0.2) is 12.1 Å². The molecule has 80 valence electrons. The minimum Gasteiger partial charge on any atom is -0.508 e. The van der Waals surface area contributed by atoms with Gasteiger partial charge in [-0.25, -0.2) is 4.98 Å². The molecular formula is C12H15NOS. The Kier molecular flexibility index (Phi) is 2.23. The third-order valence-corrected chi connectivity index (χ3v) is 3.31. The maximum absolute atomic E-state index is 9.66. The lowest BCUT2D eigenvalue weighted by Gasteiger charge is -2.19. The van der Waals surface area contributed by atoms with Gasteiger partial charge in [0.2, 0.25) is 0 Å². The first-order valence-corrected chi connectivity index (χ1v) is 5.80. The Morgan fingerprint density at radius 1 is 1.27 bits per heavy atom. The van der Waals surface area contributed by atoms with Crippen LogP contribution in [0.3, 0.4) is 0 Å². The molecule has 0 unspecified atom stereocenters. The zero-order chi connectivity index (χ0) is 11.2. The number of benzene rings is 1. The van der Waals surface area contributed by atoms with Crippen LogP contribution >= 0.6 is 11.3 Å². The average Bonchev–Trinajstić information content (AvgIpc) is 2.41. The van der Waals surface area contributed by atoms with E-state index in [1.807, 2.05) is 13.0 Å². The van der Waals surface area contributed by atoms with Crippen LogP contribution in [-0.2, 0) is 5.41 Å². The monoisotopic (exact) mass is 221 g/mol. The molecule has 0 atom stereocenters. The van der Waals surface area contributed by atoms with Gasteiger partial charge in [0, 0.05) is 0 Å². The van der Waals surface area contributed by atoms with Crippen LogP contribution in [-0.4, -0.2) is 10.1 Å². The summed E-state index contributed by atoms with van der Waals surface area (Å²) in [6, 6.07) is 3.61. The van der Waals surface area contributed by atoms with Gasteiger partial charge in [0.25, 0.3) is 0 Å². The standard InChI is InChI=1S/C12H15NOS/c1-7-13-11-9(12(2,3)4)5-8(14)6-10(11)15-7/h5-6,14H,1-4H3. The molecule has 0 aliphatic carbocycles. The molecule has 0 aliphatic heterocycles. The van der Waals surface area contributed by atoms with Gasteiger partial charge < -0.3 is 5.11 Å². The molecule has 1 N–H and O–H groups in total. The summed E-state index contributed by atoms with van der Waals surface area (Å²) < 4.78 is 1.07. The number of phenols is 1. The highest BCUT2D eigenvalue weighted by Crippen LogP contribution is 2.35. The van der Waals surface area contributed by atoms with E-state index in [1.54, 1.807) is 17.4 Å². The number of hydrogen-bond donors (Lipinski definition) is 1. The molecule has 1 aromatic heterocycles. The maximum atomic E-state index is 9.66. The Balaban J connectivity index is 2.82. The van der Waals surface area contributed by atoms with E-state index in [9.17, 15) is 5.11 Å². The third-order valence-electron chi connectivity index (χ3n) is 2.39. The van der Waals surface area contributed by atoms with Crippen molar-refractivity contribution >= 4 is 21.6 Å². The van der Waals surface area contributed by atoms with Crippen molar-refractivity contribution in [2.75, 3.05) is 0 Å². The summed E-state index contributed by atoms with van der Waals surface area (Å²) in [5.41, 5.74) is 2.15. The van der Waals surface area contributed by atoms with Crippen LogP contribution in [0.2, 0.25) is 0 Å². The summed E-state index contributed by atoms with van der Waals surface area (Å²) in [5, 5.41) is 10.7. The number of aromatic hydroxyl groups is 1. The summed E-state index contributed by atoms with van der Waals surface area (Å²) in [5.74, 6) is 0.330. The molecule has 0 spiro atoms. The van der Waals surface area contributed by atoms with E-state index in [0.29, 0.717) is 5.75 Å². The van der Waals surface area contributed by atoms with Gasteiger partial charge in [0.1, 0.15) is 5.75 Å². The highest BCUT2D eigenvalue weighted by Gasteiger charge is 2.20. The fraction of sp³-hybridized carbons (Fsp3) is 0.417. The second-order valence-electron chi connectivity index (χ2n) is 4.82. The first kappa shape index (κ1) is 10.4. The van der Waals surface area contributed by atoms with Crippen molar-refractivity contribution in [1.29, 1.82) is 0 Å². The summed E-state index contributed by atoms with van der Waals surface area (Å²) >= 11 is 1.63. The molecule has 15 heavy (non-hydrogen) atoms. The van der Waals surface area contributed by atoms with Crippen LogP contribution in [0, 0.1) is 6.92 Å². The van der Waals surface area contributed by atoms with Crippen molar-refractivity contribution in [2.45, 2.75) is 33.1 Å². The Morgan fingerprint density at radius 3 is 2.53 bits per heavy atom. The first-order chi connectivity index (χ1) is 6.88. The summed E-state index contributed by atoms with van der Waals surface area (Å²) in [6.45, 7) is 8.40. The van der Waals surface area contributed by atoms with Crippen molar-refractivity contribution in [2.24, 2.45) is 0 Å². The largest absolute Gasteiger partial charge is 0.508 e. The van der Waals surface area contributed by atoms with E-state index in [0.717, 1.165) is 20.8 Å². The highest BCUT2D eigenvalue weighted by molar-refractivity contribution is 7.18. The van der Waals surface area contributed by atoms with E-state index < -0.39 is 0 Å². The van der Waals surface area contributed by atoms with E-state index in [1.165, 1.54) is 0 Å². The van der Waals surface area contributed by atoms with Crippen molar-refractivity contribution < 1.29 is 5.11 Å². The lowest BCUT2D eigenvalue weighted by atomic mass is 9.86. The molecule has 3 heteroatoms. The lowest BCUT2D eigenvalue weighted by Crippen LogP contribution is -2.11. The number of phenolic OH excluding ortho intramolecular Hbond substituents is 1. The average molecular weight is 221 g/mol. The topological polar surface area (TPSA) is 33.1 Å². The number of aryl methyl sites for hydroxylation is 1. The van der Waals surface area contributed by atoms with E-state index in [4.69, 9.17) is 0 Å². The van der Waals surface area contributed by atoms with Crippen LogP contribution in [0.4, 0.5) is 0 Å². The number of hydrogen-bond acceptors (Lipinski definition) is 3. The second kappa shape index (κ2) is 3.20. The quantitative estimate of drug-likeness (QED) is 0.737. The van der Waals surface area contributed by atoms with Gasteiger partial charge in [0.05, 0.1) is 15.2 Å². The van der Waals surface area contributed by atoms with Gasteiger partial charge >= 0.3 is 0 Å². The predicted octanol–water partition coefficient (Wildman–Crippen LogP) is 3.61. The zero-order valence-corrected chi connectivity index (χ0v) is 10.3. The summed E-state index contributed by atoms with van der Waals surface area (Å²) in [4.78, 5) is 4.53. The van der Waals surface area contributed by atoms with Crippen molar-refractivity contribution in [3.05, 3.63) is 22.7 Å². The molecule has 0 bridgehead atoms. The van der Waals surface area contributed by atoms with Crippen LogP contribution < -0.4 is 0 Å². The fourth-order valence-corrected chi connectivity index (χ4v) is 2.58. The molecule has 2 rings (SSSR count). The Bertz CT molecular complexity index is 508. The highest BCUT2D eigenvalue weighted by atomic mass is 32.1. The van der Waals surface area contributed by atoms with Gasteiger partial charge in [0.15, 0.2) is 0 Å². The fourth-order valence-electron chi connectivity index (χ4n) is 1.70. The maximum Gasteiger partial charge on any atom is 0.117 e. The molecule has 0 saturated carbocycles. The second-order valence-corrected chi connectivity index (χ2v) is 6.06. The minimum atomic E-state index is 0.0114. The van der Waals surface area contributed by atoms with Gasteiger partial charge in [-0.1, -0.05) is 20.8 Å². The van der Waals surface area contributed by atoms with Crippen LogP contribution in [0.5, 0.6) is 5.75 Å². The molecule has 0 amide bonds. The van der Waals surface area contributed by atoms with Crippen LogP contribution in [0.25, 0.3) is 10.2 Å². The number of aromatic nitrogens is 1. The van der Waals surface area contributed by atoms with Gasteiger partial charge in [-0.05, 0) is 30.0 Å². The van der Waals surface area contributed by atoms with E-state index in [2.05, 4.69) is 25.8 Å². The molecule has 0 fully saturated rings. The number of fused-ring (bicyclic) bond motifs is 1. The molecule has 0 saturated heterocycles. The van der Waals surface area contributed by atoms with Gasteiger partial charge in [-0.3, -0.25) is 0 Å². The first-order valence-electron chi connectivity index (χ1n) is 4.98. The SMILES string of the molecule is Cc1nc2c(C(C)(C)C)cc(O)cc2s1. The van der Waals surface area contributed by atoms with Gasteiger partial charge in [-0.2, -0.15) is 0 Å². The normalized spacial score (nSPS) is 12.3. The number of rotatable bonds is 0. The van der Waals surface area contributed by atoms with Crippen molar-refractivity contribution in [3.8, 4) is 5.75 Å². The number of nitrogens with zero attached hydrogens (tertiary/aromatic N) is 1. The lowest BCUT2D eigenvalue weighted by molar-refractivity contribution is 0.472. The Hall–Kier alpha value is -1.09. The smallest absolute Gasteiger partial charge is 0.117 e. The van der Waals surface area contributed by atoms with Crippen molar-refractivity contribution in [1.82, 2.24) is 4.98 Å². The summed E-state index contributed by atoms with van der Waals surface area (Å²) in [7, 11) is 0. The molecule has 1 aromatic carbocycles. The van der Waals surface area contributed by atoms with E-state index >= 15 is 0 Å². The molecule has 1 heterocycles. The minimum absolute atomic E-state index is 0.0114. The van der Waals surface area contributed by atoms with Crippen LogP contribution in [0.1, 0.15) is 31.3 Å². The Morgan fingerprint density at radius 2 is 1.93 bits per heavy atom. The molecule has 2 aromatic rings. The predicted molar refractivity (Wildman–Crippen MR) is 64.7 cm³/mol. The van der Waals surface area contributed by atoms with E-state index in [-0.39, 0.29) is 5.41 Å². The zero-order valence-electron chi connectivity index (χ0n) is 9.46. The van der Waals surface area contributed by atoms with Gasteiger partial charge in [-0.15, -0.1) is 11.3 Å². The Labute approximate surface area is 93.6 Å². The summed E-state index contributed by atoms with van der Waals surface area (Å²) in [6.07, 6.45) is 0.